The number of halogens is 1. The summed E-state index contributed by atoms with van der Waals surface area (Å²) < 4.78 is 10.9. The highest BCUT2D eigenvalue weighted by Gasteiger charge is 2.30. The summed E-state index contributed by atoms with van der Waals surface area (Å²) in [6.07, 6.45) is 1.62. The van der Waals surface area contributed by atoms with Crippen LogP contribution >= 0.6 is 23.4 Å². The van der Waals surface area contributed by atoms with Crippen molar-refractivity contribution in [1.29, 1.82) is 0 Å². The van der Waals surface area contributed by atoms with Gasteiger partial charge in [-0.2, -0.15) is 0 Å². The number of carbonyl (C=O) groups excluding carboxylic acids is 2. The Kier molecular flexibility index (Phi) is 6.07. The molecule has 32 heavy (non-hydrogen) atoms. The SMILES string of the molecule is COc1ccc(N=C2S/C(=C\c3ccc(-c4ccc(Cl)c(C(=O)[O-])c4)o3)C(=O)N2C)cc1. The lowest BCUT2D eigenvalue weighted by Crippen LogP contribution is -2.23. The fourth-order valence-electron chi connectivity index (χ4n) is 2.97. The van der Waals surface area contributed by atoms with Crippen LogP contribution in [0.4, 0.5) is 5.69 Å². The predicted molar refractivity (Wildman–Crippen MR) is 122 cm³/mol. The Bertz CT molecular complexity index is 1260. The minimum absolute atomic E-state index is 0.0855. The van der Waals surface area contributed by atoms with Gasteiger partial charge in [0.25, 0.3) is 5.91 Å². The first-order valence-corrected chi connectivity index (χ1v) is 10.6. The molecule has 1 amide bonds. The summed E-state index contributed by atoms with van der Waals surface area (Å²) in [5, 5.41) is 11.8. The topological polar surface area (TPSA) is 95.2 Å². The van der Waals surface area contributed by atoms with Gasteiger partial charge >= 0.3 is 0 Å². The van der Waals surface area contributed by atoms with Gasteiger partial charge in [0, 0.05) is 29.3 Å². The van der Waals surface area contributed by atoms with Gasteiger partial charge in [0.1, 0.15) is 17.3 Å². The third-order valence-electron chi connectivity index (χ3n) is 4.67. The molecule has 1 aromatic heterocycles. The summed E-state index contributed by atoms with van der Waals surface area (Å²) >= 11 is 7.12. The zero-order chi connectivity index (χ0) is 22.8. The third-order valence-corrected chi connectivity index (χ3v) is 6.06. The fourth-order valence-corrected chi connectivity index (χ4v) is 4.13. The highest BCUT2D eigenvalue weighted by molar-refractivity contribution is 8.18. The molecule has 1 aliphatic rings. The molecule has 4 rings (SSSR count). The van der Waals surface area contributed by atoms with E-state index in [-0.39, 0.29) is 16.5 Å². The minimum atomic E-state index is -1.37. The van der Waals surface area contributed by atoms with Gasteiger partial charge < -0.3 is 19.1 Å². The van der Waals surface area contributed by atoms with Crippen LogP contribution < -0.4 is 9.84 Å². The van der Waals surface area contributed by atoms with E-state index in [9.17, 15) is 14.7 Å². The number of hydrogen-bond donors (Lipinski definition) is 0. The Balaban J connectivity index is 1.58. The van der Waals surface area contributed by atoms with Gasteiger partial charge in [-0.1, -0.05) is 11.6 Å². The Morgan fingerprint density at radius 2 is 1.94 bits per heavy atom. The van der Waals surface area contributed by atoms with Gasteiger partial charge in [-0.25, -0.2) is 4.99 Å². The molecule has 7 nitrogen and oxygen atoms in total. The van der Waals surface area contributed by atoms with Crippen molar-refractivity contribution in [1.82, 2.24) is 4.90 Å². The molecule has 0 unspecified atom stereocenters. The number of rotatable bonds is 5. The number of methoxy groups -OCH3 is 1. The first-order chi connectivity index (χ1) is 15.4. The van der Waals surface area contributed by atoms with Crippen LogP contribution in [0, 0.1) is 0 Å². The molecule has 1 fully saturated rings. The Hall–Kier alpha value is -3.49. The van der Waals surface area contributed by atoms with E-state index in [1.807, 2.05) is 0 Å². The molecule has 0 aliphatic carbocycles. The quantitative estimate of drug-likeness (QED) is 0.522. The van der Waals surface area contributed by atoms with Gasteiger partial charge in [0.05, 0.1) is 23.7 Å². The van der Waals surface area contributed by atoms with E-state index in [0.717, 1.165) is 5.75 Å². The molecule has 0 spiro atoms. The summed E-state index contributed by atoms with van der Waals surface area (Å²) in [6, 6.07) is 15.1. The predicted octanol–water partition coefficient (Wildman–Crippen LogP) is 4.21. The van der Waals surface area contributed by atoms with Crippen molar-refractivity contribution in [2.24, 2.45) is 4.99 Å². The van der Waals surface area contributed by atoms with Crippen LogP contribution in [0.1, 0.15) is 16.1 Å². The molecule has 0 radical (unpaired) electrons. The van der Waals surface area contributed by atoms with E-state index in [1.165, 1.54) is 28.8 Å². The number of carboxylic acids is 1. The average molecular weight is 468 g/mol. The number of carboxylic acid groups (broad SMARTS) is 1. The van der Waals surface area contributed by atoms with E-state index < -0.39 is 5.97 Å². The van der Waals surface area contributed by atoms with E-state index in [2.05, 4.69) is 4.99 Å². The van der Waals surface area contributed by atoms with E-state index in [4.69, 9.17) is 20.8 Å². The molecular weight excluding hydrogens is 452 g/mol. The number of benzene rings is 2. The second-order valence-electron chi connectivity index (χ2n) is 6.75. The van der Waals surface area contributed by atoms with Crippen molar-refractivity contribution >= 4 is 52.2 Å². The van der Waals surface area contributed by atoms with Gasteiger partial charge in [-0.3, -0.25) is 9.69 Å². The van der Waals surface area contributed by atoms with Crippen LogP contribution in [-0.2, 0) is 4.79 Å². The highest BCUT2D eigenvalue weighted by atomic mass is 35.5. The summed E-state index contributed by atoms with van der Waals surface area (Å²) in [5.41, 5.74) is 1.10. The third kappa shape index (κ3) is 4.42. The van der Waals surface area contributed by atoms with Crippen LogP contribution in [0.5, 0.6) is 5.75 Å². The largest absolute Gasteiger partial charge is 0.545 e. The Labute approximate surface area is 193 Å². The lowest BCUT2D eigenvalue weighted by atomic mass is 10.1. The number of hydrogen-bond acceptors (Lipinski definition) is 7. The molecule has 0 bridgehead atoms. The van der Waals surface area contributed by atoms with Crippen LogP contribution in [0.2, 0.25) is 5.02 Å². The van der Waals surface area contributed by atoms with Gasteiger partial charge in [-0.05, 0) is 66.4 Å². The number of aliphatic imine (C=N–C) groups is 1. The molecule has 0 saturated carbocycles. The van der Waals surface area contributed by atoms with Crippen molar-refractivity contribution in [3.8, 4) is 17.1 Å². The maximum atomic E-state index is 12.7. The second kappa shape index (κ2) is 8.94. The number of ether oxygens (including phenoxy) is 1. The Morgan fingerprint density at radius 1 is 1.19 bits per heavy atom. The summed E-state index contributed by atoms with van der Waals surface area (Å²) in [7, 11) is 3.24. The van der Waals surface area contributed by atoms with Crippen LogP contribution in [0.25, 0.3) is 17.4 Å². The normalized spacial score (nSPS) is 16.2. The number of furan rings is 1. The number of likely N-dealkylation sites (N-methyl/N-ethyl adjacent to an activating group) is 1. The van der Waals surface area contributed by atoms with Crippen molar-refractivity contribution in [3.05, 3.63) is 75.8 Å². The van der Waals surface area contributed by atoms with E-state index >= 15 is 0 Å². The number of nitrogens with zero attached hydrogens (tertiary/aromatic N) is 2. The molecule has 2 aromatic carbocycles. The van der Waals surface area contributed by atoms with Gasteiger partial charge in [0.15, 0.2) is 5.17 Å². The van der Waals surface area contributed by atoms with E-state index in [0.29, 0.717) is 32.8 Å². The molecular formula is C23H16ClN2O5S-. The molecule has 2 heterocycles. The maximum Gasteiger partial charge on any atom is 0.266 e. The number of carbonyl (C=O) groups is 2. The first-order valence-electron chi connectivity index (χ1n) is 9.37. The molecule has 3 aromatic rings. The fraction of sp³-hybridized carbons (Fsp3) is 0.0870. The average Bonchev–Trinajstić information content (AvgIpc) is 3.35. The lowest BCUT2D eigenvalue weighted by Gasteiger charge is -2.07. The smallest absolute Gasteiger partial charge is 0.266 e. The van der Waals surface area contributed by atoms with Crippen LogP contribution in [0.3, 0.4) is 0 Å². The summed E-state index contributed by atoms with van der Waals surface area (Å²) in [4.78, 5) is 30.3. The monoisotopic (exact) mass is 467 g/mol. The molecule has 0 atom stereocenters. The molecule has 9 heteroatoms. The minimum Gasteiger partial charge on any atom is -0.545 e. The zero-order valence-electron chi connectivity index (χ0n) is 17.0. The first kappa shape index (κ1) is 21.7. The standard InChI is InChI=1S/C23H17ClN2O5S/c1-26-21(27)20(32-23(26)25-14-4-6-15(30-2)7-5-14)12-16-8-10-19(31-16)13-3-9-18(24)17(11-13)22(28)29/h3-12H,1-2H3,(H,28,29)/p-1/b20-12-,25-23?. The second-order valence-corrected chi connectivity index (χ2v) is 8.17. The lowest BCUT2D eigenvalue weighted by molar-refractivity contribution is -0.255. The Morgan fingerprint density at radius 3 is 2.62 bits per heavy atom. The van der Waals surface area contributed by atoms with Crippen LogP contribution in [0.15, 0.2) is 68.9 Å². The molecule has 1 aliphatic heterocycles. The van der Waals surface area contributed by atoms with Crippen molar-refractivity contribution < 1.29 is 23.8 Å². The maximum absolute atomic E-state index is 12.7. The van der Waals surface area contributed by atoms with Crippen molar-refractivity contribution in [2.75, 3.05) is 14.2 Å². The number of amidine groups is 1. The summed E-state index contributed by atoms with van der Waals surface area (Å²) in [5.74, 6) is 0.0299. The number of aromatic carboxylic acids is 1. The van der Waals surface area contributed by atoms with Gasteiger partial charge in [0.2, 0.25) is 0 Å². The van der Waals surface area contributed by atoms with Crippen molar-refractivity contribution in [3.63, 3.8) is 0 Å². The highest BCUT2D eigenvalue weighted by Crippen LogP contribution is 2.34. The van der Waals surface area contributed by atoms with Crippen molar-refractivity contribution in [2.45, 2.75) is 0 Å². The number of thioether (sulfide) groups is 1. The molecule has 162 valence electrons. The molecule has 1 saturated heterocycles. The zero-order valence-corrected chi connectivity index (χ0v) is 18.6. The van der Waals surface area contributed by atoms with Gasteiger partial charge in [-0.15, -0.1) is 0 Å². The summed E-state index contributed by atoms with van der Waals surface area (Å²) in [6.45, 7) is 0. The van der Waals surface area contributed by atoms with Crippen LogP contribution in [-0.4, -0.2) is 36.1 Å². The van der Waals surface area contributed by atoms with E-state index in [1.54, 1.807) is 62.7 Å². The number of amides is 1. The molecule has 0 N–H and O–H groups in total.